The third kappa shape index (κ3) is 3.76. The largest absolute Gasteiger partial charge is 0.496 e. The van der Waals surface area contributed by atoms with Crippen LogP contribution in [0, 0.1) is 6.92 Å². The first-order valence-electron chi connectivity index (χ1n) is 6.66. The van der Waals surface area contributed by atoms with Crippen LogP contribution in [0.5, 0.6) is 5.75 Å². The van der Waals surface area contributed by atoms with Gasteiger partial charge >= 0.3 is 0 Å². The molecule has 0 bridgehead atoms. The van der Waals surface area contributed by atoms with Crippen molar-refractivity contribution in [3.8, 4) is 5.75 Å². The van der Waals surface area contributed by atoms with E-state index < -0.39 is 0 Å². The maximum atomic E-state index is 12.4. The first-order chi connectivity index (χ1) is 10.0. The molecule has 4 heteroatoms. The third-order valence-corrected chi connectivity index (χ3v) is 3.57. The Labute approximate surface area is 130 Å². The molecule has 0 aliphatic rings. The molecule has 0 fully saturated rings. The lowest BCUT2D eigenvalue weighted by molar-refractivity contribution is 0.0785. The first kappa shape index (κ1) is 15.4. The van der Waals surface area contributed by atoms with Crippen molar-refractivity contribution in [3.05, 3.63) is 64.2 Å². The smallest absolute Gasteiger partial charge is 0.253 e. The number of amides is 1. The van der Waals surface area contributed by atoms with Crippen molar-refractivity contribution in [1.82, 2.24) is 4.90 Å². The van der Waals surface area contributed by atoms with E-state index in [0.717, 1.165) is 16.9 Å². The number of carbonyl (C=O) groups excluding carboxylic acids is 1. The quantitative estimate of drug-likeness (QED) is 0.856. The van der Waals surface area contributed by atoms with Gasteiger partial charge < -0.3 is 9.64 Å². The molecule has 1 amide bonds. The third-order valence-electron chi connectivity index (χ3n) is 3.32. The van der Waals surface area contributed by atoms with Crippen molar-refractivity contribution in [2.45, 2.75) is 13.5 Å². The van der Waals surface area contributed by atoms with Crippen molar-refractivity contribution in [2.75, 3.05) is 14.2 Å². The van der Waals surface area contributed by atoms with Gasteiger partial charge in [-0.25, -0.2) is 0 Å². The fourth-order valence-electron chi connectivity index (χ4n) is 2.17. The van der Waals surface area contributed by atoms with Gasteiger partial charge in [-0.15, -0.1) is 0 Å². The summed E-state index contributed by atoms with van der Waals surface area (Å²) in [6.07, 6.45) is 0. The molecule has 0 aromatic heterocycles. The molecule has 21 heavy (non-hydrogen) atoms. The SMILES string of the molecule is COc1ccc(C(=O)N(C)Cc2ccc(Cl)cc2)cc1C. The average molecular weight is 304 g/mol. The lowest BCUT2D eigenvalue weighted by atomic mass is 10.1. The van der Waals surface area contributed by atoms with Crippen molar-refractivity contribution in [2.24, 2.45) is 0 Å². The summed E-state index contributed by atoms with van der Waals surface area (Å²) in [4.78, 5) is 14.1. The number of carbonyl (C=O) groups is 1. The normalized spacial score (nSPS) is 10.3. The van der Waals surface area contributed by atoms with Crippen LogP contribution in [-0.2, 0) is 6.54 Å². The molecule has 0 spiro atoms. The Morgan fingerprint density at radius 3 is 2.43 bits per heavy atom. The number of halogens is 1. The number of aryl methyl sites for hydroxylation is 1. The summed E-state index contributed by atoms with van der Waals surface area (Å²) in [6, 6.07) is 12.9. The zero-order chi connectivity index (χ0) is 15.4. The van der Waals surface area contributed by atoms with Crippen molar-refractivity contribution >= 4 is 17.5 Å². The van der Waals surface area contributed by atoms with E-state index >= 15 is 0 Å². The van der Waals surface area contributed by atoms with Gasteiger partial charge in [0.15, 0.2) is 0 Å². The van der Waals surface area contributed by atoms with E-state index in [4.69, 9.17) is 16.3 Å². The second kappa shape index (κ2) is 6.64. The molecule has 0 N–H and O–H groups in total. The van der Waals surface area contributed by atoms with E-state index in [1.165, 1.54) is 0 Å². The van der Waals surface area contributed by atoms with Gasteiger partial charge in [-0.3, -0.25) is 4.79 Å². The van der Waals surface area contributed by atoms with E-state index in [1.54, 1.807) is 25.1 Å². The minimum atomic E-state index is -0.0179. The molecule has 0 heterocycles. The summed E-state index contributed by atoms with van der Waals surface area (Å²) in [5.74, 6) is 0.766. The minimum absolute atomic E-state index is 0.0179. The molecule has 0 radical (unpaired) electrons. The molecule has 3 nitrogen and oxygen atoms in total. The van der Waals surface area contributed by atoms with Gasteiger partial charge in [0.25, 0.3) is 5.91 Å². The maximum absolute atomic E-state index is 12.4. The van der Waals surface area contributed by atoms with Crippen molar-refractivity contribution < 1.29 is 9.53 Å². The van der Waals surface area contributed by atoms with Gasteiger partial charge in [0.2, 0.25) is 0 Å². The maximum Gasteiger partial charge on any atom is 0.253 e. The molecular formula is C17H18ClNO2. The van der Waals surface area contributed by atoms with Crippen LogP contribution in [0.25, 0.3) is 0 Å². The Hall–Kier alpha value is -2.00. The predicted molar refractivity (Wildman–Crippen MR) is 85.0 cm³/mol. The first-order valence-corrected chi connectivity index (χ1v) is 7.03. The van der Waals surface area contributed by atoms with Crippen LogP contribution in [0.15, 0.2) is 42.5 Å². The highest BCUT2D eigenvalue weighted by Gasteiger charge is 2.13. The highest BCUT2D eigenvalue weighted by Crippen LogP contribution is 2.20. The number of methoxy groups -OCH3 is 1. The predicted octanol–water partition coefficient (Wildman–Crippen LogP) is 3.93. The number of hydrogen-bond donors (Lipinski definition) is 0. The molecule has 0 atom stereocenters. The minimum Gasteiger partial charge on any atom is -0.496 e. The number of ether oxygens (including phenoxy) is 1. The number of nitrogens with zero attached hydrogens (tertiary/aromatic N) is 1. The van der Waals surface area contributed by atoms with Crippen molar-refractivity contribution in [1.29, 1.82) is 0 Å². The van der Waals surface area contributed by atoms with Crippen LogP contribution in [0.3, 0.4) is 0 Å². The zero-order valence-corrected chi connectivity index (χ0v) is 13.1. The van der Waals surface area contributed by atoms with E-state index in [0.29, 0.717) is 17.1 Å². The topological polar surface area (TPSA) is 29.5 Å². The van der Waals surface area contributed by atoms with Gasteiger partial charge in [0, 0.05) is 24.2 Å². The van der Waals surface area contributed by atoms with E-state index in [-0.39, 0.29) is 5.91 Å². The Bertz CT molecular complexity index is 638. The van der Waals surface area contributed by atoms with Crippen LogP contribution >= 0.6 is 11.6 Å². The zero-order valence-electron chi connectivity index (χ0n) is 12.4. The van der Waals surface area contributed by atoms with Gasteiger partial charge in [-0.1, -0.05) is 23.7 Å². The molecule has 0 unspecified atom stereocenters. The monoisotopic (exact) mass is 303 g/mol. The number of benzene rings is 2. The van der Waals surface area contributed by atoms with Crippen LogP contribution in [0.1, 0.15) is 21.5 Å². The van der Waals surface area contributed by atoms with Crippen LogP contribution in [0.2, 0.25) is 5.02 Å². The number of hydrogen-bond acceptors (Lipinski definition) is 2. The van der Waals surface area contributed by atoms with Crippen molar-refractivity contribution in [3.63, 3.8) is 0 Å². The Morgan fingerprint density at radius 2 is 1.86 bits per heavy atom. The molecule has 2 rings (SSSR count). The molecule has 2 aromatic carbocycles. The van der Waals surface area contributed by atoms with Gasteiger partial charge in [-0.2, -0.15) is 0 Å². The molecule has 110 valence electrons. The van der Waals surface area contributed by atoms with E-state index in [9.17, 15) is 4.79 Å². The van der Waals surface area contributed by atoms with Gasteiger partial charge in [-0.05, 0) is 48.4 Å². The van der Waals surface area contributed by atoms with E-state index in [2.05, 4.69) is 0 Å². The highest BCUT2D eigenvalue weighted by atomic mass is 35.5. The van der Waals surface area contributed by atoms with Crippen LogP contribution < -0.4 is 4.74 Å². The fourth-order valence-corrected chi connectivity index (χ4v) is 2.29. The standard InChI is InChI=1S/C17H18ClNO2/c1-12-10-14(6-9-16(12)21-3)17(20)19(2)11-13-4-7-15(18)8-5-13/h4-10H,11H2,1-3H3. The molecule has 0 saturated heterocycles. The van der Waals surface area contributed by atoms with Gasteiger partial charge in [0.05, 0.1) is 7.11 Å². The number of rotatable bonds is 4. The highest BCUT2D eigenvalue weighted by molar-refractivity contribution is 6.30. The molecule has 2 aromatic rings. The molecule has 0 aliphatic heterocycles. The second-order valence-corrected chi connectivity index (χ2v) is 5.41. The second-order valence-electron chi connectivity index (χ2n) is 4.97. The lowest BCUT2D eigenvalue weighted by Crippen LogP contribution is -2.26. The van der Waals surface area contributed by atoms with Crippen LogP contribution in [-0.4, -0.2) is 25.0 Å². The fraction of sp³-hybridized carbons (Fsp3) is 0.235. The molecule has 0 aliphatic carbocycles. The Morgan fingerprint density at radius 1 is 1.19 bits per heavy atom. The Kier molecular flexibility index (Phi) is 4.86. The Balaban J connectivity index is 2.11. The summed E-state index contributed by atoms with van der Waals surface area (Å²) in [6.45, 7) is 2.47. The summed E-state index contributed by atoms with van der Waals surface area (Å²) >= 11 is 5.86. The van der Waals surface area contributed by atoms with E-state index in [1.807, 2.05) is 43.3 Å². The summed E-state index contributed by atoms with van der Waals surface area (Å²) in [5.41, 5.74) is 2.65. The molecular weight excluding hydrogens is 286 g/mol. The van der Waals surface area contributed by atoms with Gasteiger partial charge in [0.1, 0.15) is 5.75 Å². The average Bonchev–Trinajstić information content (AvgIpc) is 2.48. The summed E-state index contributed by atoms with van der Waals surface area (Å²) < 4.78 is 5.21. The summed E-state index contributed by atoms with van der Waals surface area (Å²) in [5, 5.41) is 0.693. The molecule has 0 saturated carbocycles. The lowest BCUT2D eigenvalue weighted by Gasteiger charge is -2.18. The van der Waals surface area contributed by atoms with Crippen LogP contribution in [0.4, 0.5) is 0 Å². The summed E-state index contributed by atoms with van der Waals surface area (Å²) in [7, 11) is 3.41.